The summed E-state index contributed by atoms with van der Waals surface area (Å²) in [5.41, 5.74) is 6.64. The van der Waals surface area contributed by atoms with Crippen molar-refractivity contribution in [3.63, 3.8) is 0 Å². The van der Waals surface area contributed by atoms with Crippen molar-refractivity contribution in [1.82, 2.24) is 4.90 Å². The highest BCUT2D eigenvalue weighted by Gasteiger charge is 2.18. The van der Waals surface area contributed by atoms with Crippen LogP contribution in [0.1, 0.15) is 44.7 Å². The maximum atomic E-state index is 13.9. The first-order chi connectivity index (χ1) is 9.54. The van der Waals surface area contributed by atoms with E-state index in [9.17, 15) is 4.39 Å². The van der Waals surface area contributed by atoms with E-state index in [1.807, 2.05) is 0 Å². The molecule has 1 atom stereocenters. The lowest BCUT2D eigenvalue weighted by Gasteiger charge is -2.27. The van der Waals surface area contributed by atoms with Crippen LogP contribution in [-0.2, 0) is 0 Å². The Kier molecular flexibility index (Phi) is 6.96. The van der Waals surface area contributed by atoms with Gasteiger partial charge in [0.25, 0.3) is 0 Å². The van der Waals surface area contributed by atoms with Gasteiger partial charge >= 0.3 is 0 Å². The molecule has 0 aliphatic heterocycles. The fourth-order valence-corrected chi connectivity index (χ4v) is 2.64. The molecule has 20 heavy (non-hydrogen) atoms. The molecule has 1 aromatic rings. The van der Waals surface area contributed by atoms with Crippen LogP contribution in [0.4, 0.5) is 4.39 Å². The van der Waals surface area contributed by atoms with Crippen LogP contribution < -0.4 is 10.5 Å². The van der Waals surface area contributed by atoms with Crippen LogP contribution in [0.25, 0.3) is 0 Å². The van der Waals surface area contributed by atoms with Crippen LogP contribution in [0, 0.1) is 5.82 Å². The van der Waals surface area contributed by atoms with E-state index in [1.54, 1.807) is 19.2 Å². The minimum absolute atomic E-state index is 0.290. The molecule has 1 aromatic carbocycles. The molecule has 4 heteroatoms. The Morgan fingerprint density at radius 3 is 2.50 bits per heavy atom. The summed E-state index contributed by atoms with van der Waals surface area (Å²) in [6.07, 6.45) is 2.95. The summed E-state index contributed by atoms with van der Waals surface area (Å²) in [5, 5.41) is 0. The molecule has 1 unspecified atom stereocenters. The van der Waals surface area contributed by atoms with Gasteiger partial charge in [0.05, 0.1) is 7.11 Å². The number of nitrogens with two attached hydrogens (primary N) is 1. The Balaban J connectivity index is 2.70. The number of hydrogen-bond acceptors (Lipinski definition) is 3. The van der Waals surface area contributed by atoms with Gasteiger partial charge < -0.3 is 15.4 Å². The Bertz CT molecular complexity index is 407. The van der Waals surface area contributed by atoms with Gasteiger partial charge in [-0.3, -0.25) is 0 Å². The van der Waals surface area contributed by atoms with Gasteiger partial charge in [0.15, 0.2) is 0 Å². The van der Waals surface area contributed by atoms with Crippen molar-refractivity contribution in [2.45, 2.75) is 45.2 Å². The average Bonchev–Trinajstić information content (AvgIpc) is 2.45. The van der Waals surface area contributed by atoms with Crippen molar-refractivity contribution in [1.29, 1.82) is 0 Å². The molecule has 0 aromatic heterocycles. The fraction of sp³-hybridized carbons (Fsp3) is 0.625. The van der Waals surface area contributed by atoms with Crippen LogP contribution in [0.3, 0.4) is 0 Å². The molecule has 0 saturated heterocycles. The first-order valence-corrected chi connectivity index (χ1v) is 7.33. The monoisotopic (exact) mass is 282 g/mol. The second kappa shape index (κ2) is 8.22. The molecule has 0 aliphatic rings. The van der Waals surface area contributed by atoms with Crippen molar-refractivity contribution in [3.8, 4) is 5.75 Å². The Hall–Kier alpha value is -1.13. The molecule has 2 N–H and O–H groups in total. The lowest BCUT2D eigenvalue weighted by molar-refractivity contribution is 0.221. The normalized spacial score (nSPS) is 13.0. The summed E-state index contributed by atoms with van der Waals surface area (Å²) < 4.78 is 19.1. The molecule has 0 amide bonds. The van der Waals surface area contributed by atoms with Gasteiger partial charge in [0.2, 0.25) is 0 Å². The Morgan fingerprint density at radius 1 is 1.30 bits per heavy atom. The third-order valence-corrected chi connectivity index (χ3v) is 3.96. The predicted molar refractivity (Wildman–Crippen MR) is 81.5 cm³/mol. The van der Waals surface area contributed by atoms with Gasteiger partial charge in [-0.2, -0.15) is 0 Å². The number of rotatable bonds is 8. The molecular formula is C16H27FN2O. The van der Waals surface area contributed by atoms with E-state index in [-0.39, 0.29) is 11.9 Å². The summed E-state index contributed by atoms with van der Waals surface area (Å²) >= 11 is 0. The van der Waals surface area contributed by atoms with E-state index < -0.39 is 0 Å². The summed E-state index contributed by atoms with van der Waals surface area (Å²) in [5.74, 6) is 0.240. The summed E-state index contributed by atoms with van der Waals surface area (Å²) in [6.45, 7) is 5.22. The van der Waals surface area contributed by atoms with Crippen LogP contribution in [-0.4, -0.2) is 31.6 Å². The van der Waals surface area contributed by atoms with Gasteiger partial charge in [-0.05, 0) is 45.0 Å². The summed E-state index contributed by atoms with van der Waals surface area (Å²) in [4.78, 5) is 2.30. The smallest absolute Gasteiger partial charge is 0.131 e. The SMILES string of the molecule is CCC(CC)N(C)CCC(N)c1c(F)cccc1OC. The highest BCUT2D eigenvalue weighted by atomic mass is 19.1. The van der Waals surface area contributed by atoms with Gasteiger partial charge in [-0.15, -0.1) is 0 Å². The maximum Gasteiger partial charge on any atom is 0.131 e. The number of methoxy groups -OCH3 is 1. The second-order valence-corrected chi connectivity index (χ2v) is 5.20. The van der Waals surface area contributed by atoms with Gasteiger partial charge in [-0.1, -0.05) is 19.9 Å². The number of benzene rings is 1. The molecule has 0 heterocycles. The number of nitrogens with zero attached hydrogens (tertiary/aromatic N) is 1. The minimum Gasteiger partial charge on any atom is -0.496 e. The van der Waals surface area contributed by atoms with Crippen LogP contribution in [0.2, 0.25) is 0 Å². The molecule has 114 valence electrons. The van der Waals surface area contributed by atoms with Gasteiger partial charge in [0.1, 0.15) is 11.6 Å². The molecule has 0 radical (unpaired) electrons. The van der Waals surface area contributed by atoms with Crippen molar-refractivity contribution in [2.75, 3.05) is 20.7 Å². The van der Waals surface area contributed by atoms with Gasteiger partial charge in [-0.25, -0.2) is 4.39 Å². The van der Waals surface area contributed by atoms with E-state index in [1.165, 1.54) is 6.07 Å². The third-order valence-electron chi connectivity index (χ3n) is 3.96. The zero-order chi connectivity index (χ0) is 15.1. The van der Waals surface area contributed by atoms with Crippen molar-refractivity contribution in [3.05, 3.63) is 29.6 Å². The Labute approximate surface area is 121 Å². The number of halogens is 1. The zero-order valence-electron chi connectivity index (χ0n) is 13.0. The van der Waals surface area contributed by atoms with E-state index in [0.717, 1.165) is 19.4 Å². The topological polar surface area (TPSA) is 38.5 Å². The highest BCUT2D eigenvalue weighted by molar-refractivity contribution is 5.37. The van der Waals surface area contributed by atoms with Crippen molar-refractivity contribution < 1.29 is 9.13 Å². The second-order valence-electron chi connectivity index (χ2n) is 5.20. The van der Waals surface area contributed by atoms with Crippen molar-refractivity contribution in [2.24, 2.45) is 5.73 Å². The maximum absolute atomic E-state index is 13.9. The molecule has 0 saturated carbocycles. The lowest BCUT2D eigenvalue weighted by atomic mass is 10.0. The first kappa shape index (κ1) is 16.9. The standard InChI is InChI=1S/C16H27FN2O/c1-5-12(6-2)19(3)11-10-14(18)16-13(17)8-7-9-15(16)20-4/h7-9,12,14H,5-6,10-11,18H2,1-4H3. The summed E-state index contributed by atoms with van der Waals surface area (Å²) in [6, 6.07) is 5.04. The lowest BCUT2D eigenvalue weighted by Crippen LogP contribution is -2.33. The number of ether oxygens (including phenoxy) is 1. The van der Waals surface area contributed by atoms with Crippen LogP contribution in [0.15, 0.2) is 18.2 Å². The molecular weight excluding hydrogens is 255 g/mol. The zero-order valence-corrected chi connectivity index (χ0v) is 13.0. The molecule has 3 nitrogen and oxygen atoms in total. The van der Waals surface area contributed by atoms with Crippen LogP contribution in [0.5, 0.6) is 5.75 Å². The van der Waals surface area contributed by atoms with Crippen molar-refractivity contribution >= 4 is 0 Å². The van der Waals surface area contributed by atoms with Crippen LogP contribution >= 0.6 is 0 Å². The van der Waals surface area contributed by atoms with E-state index in [2.05, 4.69) is 25.8 Å². The van der Waals surface area contributed by atoms with E-state index in [4.69, 9.17) is 10.5 Å². The fourth-order valence-electron chi connectivity index (χ4n) is 2.64. The largest absolute Gasteiger partial charge is 0.496 e. The molecule has 0 spiro atoms. The molecule has 0 bridgehead atoms. The molecule has 0 aliphatic carbocycles. The minimum atomic E-state index is -0.344. The Morgan fingerprint density at radius 2 is 1.95 bits per heavy atom. The molecule has 0 fully saturated rings. The predicted octanol–water partition coefficient (Wildman–Crippen LogP) is 3.34. The molecule has 1 rings (SSSR count). The van der Waals surface area contributed by atoms with E-state index >= 15 is 0 Å². The quantitative estimate of drug-likeness (QED) is 0.794. The first-order valence-electron chi connectivity index (χ1n) is 7.33. The summed E-state index contributed by atoms with van der Waals surface area (Å²) in [7, 11) is 3.64. The average molecular weight is 282 g/mol. The highest BCUT2D eigenvalue weighted by Crippen LogP contribution is 2.28. The third kappa shape index (κ3) is 4.18. The van der Waals surface area contributed by atoms with Gasteiger partial charge in [0, 0.05) is 17.6 Å². The number of hydrogen-bond donors (Lipinski definition) is 1. The van der Waals surface area contributed by atoms with E-state index in [0.29, 0.717) is 23.8 Å².